The summed E-state index contributed by atoms with van der Waals surface area (Å²) in [7, 11) is 0. The summed E-state index contributed by atoms with van der Waals surface area (Å²) < 4.78 is 0. The number of hydrogen-bond acceptors (Lipinski definition) is 2. The minimum Gasteiger partial charge on any atom is -0.356 e. The van der Waals surface area contributed by atoms with Gasteiger partial charge < -0.3 is 5.32 Å². The Balaban J connectivity index is 3.54. The summed E-state index contributed by atoms with van der Waals surface area (Å²) in [6.07, 6.45) is 2.12. The highest BCUT2D eigenvalue weighted by Gasteiger charge is 2.11. The topological polar surface area (TPSA) is 46.2 Å². The van der Waals surface area contributed by atoms with Gasteiger partial charge in [0.05, 0.1) is 6.42 Å². The monoisotopic (exact) mass is 213 g/mol. The summed E-state index contributed by atoms with van der Waals surface area (Å²) in [5.74, 6) is 0.486. The first-order valence-electron chi connectivity index (χ1n) is 5.73. The first-order chi connectivity index (χ1) is 6.93. The van der Waals surface area contributed by atoms with E-state index in [0.29, 0.717) is 12.5 Å². The molecule has 0 unspecified atom stereocenters. The van der Waals surface area contributed by atoms with Crippen LogP contribution in [0, 0.1) is 11.8 Å². The lowest BCUT2D eigenvalue weighted by Crippen LogP contribution is -2.28. The number of nitrogens with one attached hydrogen (secondary N) is 1. The van der Waals surface area contributed by atoms with Crippen molar-refractivity contribution in [2.24, 2.45) is 11.8 Å². The van der Waals surface area contributed by atoms with E-state index in [1.54, 1.807) is 0 Å². The van der Waals surface area contributed by atoms with E-state index in [1.807, 2.05) is 13.8 Å². The molecule has 0 rings (SSSR count). The number of Topliss-reactive ketones (excluding diaryl/α,β-unsaturated/α-hetero) is 1. The minimum absolute atomic E-state index is 0.0105. The highest BCUT2D eigenvalue weighted by Crippen LogP contribution is 2.02. The van der Waals surface area contributed by atoms with Crippen LogP contribution in [0.3, 0.4) is 0 Å². The van der Waals surface area contributed by atoms with E-state index in [4.69, 9.17) is 0 Å². The fourth-order valence-corrected chi connectivity index (χ4v) is 1.16. The predicted molar refractivity (Wildman–Crippen MR) is 61.5 cm³/mol. The first-order valence-corrected chi connectivity index (χ1v) is 5.73. The Hall–Kier alpha value is -0.860. The maximum Gasteiger partial charge on any atom is 0.227 e. The van der Waals surface area contributed by atoms with Gasteiger partial charge in [0.1, 0.15) is 5.78 Å². The molecule has 0 aromatic carbocycles. The molecular formula is C12H23NO2. The summed E-state index contributed by atoms with van der Waals surface area (Å²) in [6.45, 7) is 8.62. The molecule has 3 heteroatoms. The van der Waals surface area contributed by atoms with E-state index < -0.39 is 0 Å². The Labute approximate surface area is 92.6 Å². The van der Waals surface area contributed by atoms with Gasteiger partial charge in [0.2, 0.25) is 5.91 Å². The zero-order valence-corrected chi connectivity index (χ0v) is 10.3. The molecule has 88 valence electrons. The zero-order valence-electron chi connectivity index (χ0n) is 10.3. The van der Waals surface area contributed by atoms with Crippen molar-refractivity contribution in [3.05, 3.63) is 0 Å². The molecule has 0 saturated heterocycles. The first kappa shape index (κ1) is 14.1. The molecule has 0 aromatic heterocycles. The molecule has 1 amide bonds. The second-order valence-electron chi connectivity index (χ2n) is 4.68. The Bertz CT molecular complexity index is 210. The average Bonchev–Trinajstić information content (AvgIpc) is 2.12. The van der Waals surface area contributed by atoms with Crippen molar-refractivity contribution in [3.63, 3.8) is 0 Å². The maximum atomic E-state index is 11.3. The second kappa shape index (κ2) is 7.43. The zero-order chi connectivity index (χ0) is 11.8. The largest absolute Gasteiger partial charge is 0.356 e. The molecule has 0 aromatic rings. The molecular weight excluding hydrogens is 190 g/mol. The molecule has 0 aliphatic heterocycles. The lowest BCUT2D eigenvalue weighted by Gasteiger charge is -2.07. The highest BCUT2D eigenvalue weighted by molar-refractivity contribution is 5.98. The third-order valence-corrected chi connectivity index (χ3v) is 2.26. The van der Waals surface area contributed by atoms with Gasteiger partial charge in [-0.05, 0) is 18.8 Å². The molecule has 0 fully saturated rings. The van der Waals surface area contributed by atoms with Crippen LogP contribution in [0.1, 0.15) is 47.0 Å². The van der Waals surface area contributed by atoms with E-state index in [2.05, 4.69) is 19.2 Å². The van der Waals surface area contributed by atoms with Crippen LogP contribution in [-0.4, -0.2) is 18.2 Å². The maximum absolute atomic E-state index is 11.3. The molecule has 0 bridgehead atoms. The summed E-state index contributed by atoms with van der Waals surface area (Å²) in [5, 5.41) is 2.76. The van der Waals surface area contributed by atoms with Crippen LogP contribution in [-0.2, 0) is 9.59 Å². The van der Waals surface area contributed by atoms with E-state index in [9.17, 15) is 9.59 Å². The fraction of sp³-hybridized carbons (Fsp3) is 0.833. The third kappa shape index (κ3) is 8.16. The van der Waals surface area contributed by atoms with Crippen LogP contribution >= 0.6 is 0 Å². The van der Waals surface area contributed by atoms with Gasteiger partial charge in [-0.2, -0.15) is 0 Å². The van der Waals surface area contributed by atoms with Crippen molar-refractivity contribution >= 4 is 11.7 Å². The van der Waals surface area contributed by atoms with Crippen LogP contribution in [0.2, 0.25) is 0 Å². The van der Waals surface area contributed by atoms with Crippen molar-refractivity contribution in [2.75, 3.05) is 6.54 Å². The van der Waals surface area contributed by atoms with Gasteiger partial charge in [-0.15, -0.1) is 0 Å². The van der Waals surface area contributed by atoms with Gasteiger partial charge >= 0.3 is 0 Å². The lowest BCUT2D eigenvalue weighted by molar-refractivity contribution is -0.129. The number of carbonyl (C=O) groups is 2. The smallest absolute Gasteiger partial charge is 0.227 e. The summed E-state index contributed by atoms with van der Waals surface area (Å²) in [5.41, 5.74) is 0. The Morgan fingerprint density at radius 3 is 2.20 bits per heavy atom. The SMILES string of the molecule is CC(C)CCCNC(=O)CC(=O)C(C)C. The molecule has 1 N–H and O–H groups in total. The average molecular weight is 213 g/mol. The standard InChI is InChI=1S/C12H23NO2/c1-9(2)6-5-7-13-12(15)8-11(14)10(3)4/h9-10H,5-8H2,1-4H3,(H,13,15). The van der Waals surface area contributed by atoms with Crippen LogP contribution < -0.4 is 5.32 Å². The quantitative estimate of drug-likeness (QED) is 0.520. The van der Waals surface area contributed by atoms with Crippen LogP contribution in [0.15, 0.2) is 0 Å². The van der Waals surface area contributed by atoms with Gasteiger partial charge in [0.25, 0.3) is 0 Å². The van der Waals surface area contributed by atoms with Crippen molar-refractivity contribution < 1.29 is 9.59 Å². The van der Waals surface area contributed by atoms with Crippen molar-refractivity contribution in [1.29, 1.82) is 0 Å². The van der Waals surface area contributed by atoms with E-state index in [1.165, 1.54) is 0 Å². The predicted octanol–water partition coefficient (Wildman–Crippen LogP) is 2.15. The lowest BCUT2D eigenvalue weighted by atomic mass is 10.1. The van der Waals surface area contributed by atoms with Gasteiger partial charge in [0.15, 0.2) is 0 Å². The van der Waals surface area contributed by atoms with Gasteiger partial charge in [0, 0.05) is 12.5 Å². The molecule has 0 atom stereocenters. The Kier molecular flexibility index (Phi) is 7.01. The number of ketones is 1. The summed E-state index contributed by atoms with van der Waals surface area (Å²) in [4.78, 5) is 22.5. The van der Waals surface area contributed by atoms with Gasteiger partial charge in [-0.3, -0.25) is 9.59 Å². The van der Waals surface area contributed by atoms with Crippen molar-refractivity contribution in [3.8, 4) is 0 Å². The van der Waals surface area contributed by atoms with E-state index >= 15 is 0 Å². The van der Waals surface area contributed by atoms with Crippen LogP contribution in [0.5, 0.6) is 0 Å². The number of hydrogen-bond donors (Lipinski definition) is 1. The molecule has 3 nitrogen and oxygen atoms in total. The molecule has 0 heterocycles. The van der Waals surface area contributed by atoms with Crippen LogP contribution in [0.4, 0.5) is 0 Å². The summed E-state index contributed by atoms with van der Waals surface area (Å²) >= 11 is 0. The number of amides is 1. The Morgan fingerprint density at radius 1 is 1.13 bits per heavy atom. The second-order valence-corrected chi connectivity index (χ2v) is 4.68. The number of rotatable bonds is 7. The minimum atomic E-state index is -0.141. The molecule has 0 saturated carbocycles. The molecule has 0 spiro atoms. The molecule has 15 heavy (non-hydrogen) atoms. The number of carbonyl (C=O) groups excluding carboxylic acids is 2. The normalized spacial score (nSPS) is 10.8. The van der Waals surface area contributed by atoms with Crippen LogP contribution in [0.25, 0.3) is 0 Å². The third-order valence-electron chi connectivity index (χ3n) is 2.26. The van der Waals surface area contributed by atoms with E-state index in [0.717, 1.165) is 12.8 Å². The molecule has 0 radical (unpaired) electrons. The van der Waals surface area contributed by atoms with Crippen molar-refractivity contribution in [2.45, 2.75) is 47.0 Å². The Morgan fingerprint density at radius 2 is 1.73 bits per heavy atom. The van der Waals surface area contributed by atoms with Gasteiger partial charge in [-0.25, -0.2) is 0 Å². The van der Waals surface area contributed by atoms with Gasteiger partial charge in [-0.1, -0.05) is 27.7 Å². The fourth-order valence-electron chi connectivity index (χ4n) is 1.16. The molecule has 0 aliphatic rings. The summed E-state index contributed by atoms with van der Waals surface area (Å²) in [6, 6.07) is 0. The van der Waals surface area contributed by atoms with E-state index in [-0.39, 0.29) is 24.0 Å². The highest BCUT2D eigenvalue weighted by atomic mass is 16.2. The van der Waals surface area contributed by atoms with Crippen molar-refractivity contribution in [1.82, 2.24) is 5.32 Å². The molecule has 0 aliphatic carbocycles.